The molecule has 0 fully saturated rings. The fourth-order valence-corrected chi connectivity index (χ4v) is 0.846. The van der Waals surface area contributed by atoms with Gasteiger partial charge in [0.05, 0.1) is 19.2 Å². The van der Waals surface area contributed by atoms with Crippen LogP contribution in [0.3, 0.4) is 0 Å². The summed E-state index contributed by atoms with van der Waals surface area (Å²) in [5.74, 6) is -0.591. The number of pyridine rings is 1. The van der Waals surface area contributed by atoms with Crippen LogP contribution in [0.2, 0.25) is 0 Å². The molecule has 0 aliphatic heterocycles. The summed E-state index contributed by atoms with van der Waals surface area (Å²) in [6, 6.07) is 1.32. The van der Waals surface area contributed by atoms with Crippen LogP contribution in [-0.4, -0.2) is 18.3 Å². The highest BCUT2D eigenvalue weighted by atomic mass is 16.5. The lowest BCUT2D eigenvalue weighted by atomic mass is 10.2. The molecule has 0 saturated heterocycles. The standard InChI is InChI=1S/C8H7N2O3/c1-9-7-5-10(12)4-3-6(7)8(11)13-2/h3-5,12H,2H3/q+1. The number of methoxy groups -OCH3 is 1. The molecule has 0 spiro atoms. The van der Waals surface area contributed by atoms with Gasteiger partial charge >= 0.3 is 5.97 Å². The molecule has 1 aromatic rings. The molecule has 0 amide bonds. The van der Waals surface area contributed by atoms with Crippen molar-refractivity contribution in [1.82, 2.24) is 0 Å². The maximum Gasteiger partial charge on any atom is 0.327 e. The molecule has 5 nitrogen and oxygen atoms in total. The van der Waals surface area contributed by atoms with Gasteiger partial charge in [0.1, 0.15) is 0 Å². The van der Waals surface area contributed by atoms with Gasteiger partial charge in [-0.15, -0.1) is 0 Å². The summed E-state index contributed by atoms with van der Waals surface area (Å²) >= 11 is 0. The predicted octanol–water partition coefficient (Wildman–Crippen LogP) is 0.549. The number of ether oxygens (including phenoxy) is 1. The number of rotatable bonds is 1. The Labute approximate surface area is 74.6 Å². The van der Waals surface area contributed by atoms with Gasteiger partial charge in [-0.1, -0.05) is 0 Å². The van der Waals surface area contributed by atoms with Crippen molar-refractivity contribution in [2.24, 2.45) is 0 Å². The van der Waals surface area contributed by atoms with Crippen LogP contribution < -0.4 is 4.73 Å². The monoisotopic (exact) mass is 179 g/mol. The Balaban J connectivity index is 3.23. The van der Waals surface area contributed by atoms with Gasteiger partial charge in [-0.05, 0) is 4.73 Å². The molecule has 1 N–H and O–H groups in total. The second-order valence-corrected chi connectivity index (χ2v) is 2.23. The number of hydrogen-bond donors (Lipinski definition) is 1. The van der Waals surface area contributed by atoms with Crippen molar-refractivity contribution in [3.63, 3.8) is 0 Å². The SMILES string of the molecule is [C-]#[N+]c1c[n+](O)ccc1C(=O)OC. The molecule has 0 bridgehead atoms. The molecular formula is C8H7N2O3+. The number of carbonyl (C=O) groups excluding carboxylic acids is 1. The number of aromatic nitrogens is 1. The Bertz CT molecular complexity index is 381. The normalized spacial score (nSPS) is 8.92. The number of nitrogens with zero attached hydrogens (tertiary/aromatic N) is 2. The third-order valence-electron chi connectivity index (χ3n) is 1.45. The van der Waals surface area contributed by atoms with Crippen molar-refractivity contribution in [1.29, 1.82) is 0 Å². The summed E-state index contributed by atoms with van der Waals surface area (Å²) in [6.07, 6.45) is 2.39. The van der Waals surface area contributed by atoms with Crippen molar-refractivity contribution < 1.29 is 19.5 Å². The van der Waals surface area contributed by atoms with Gasteiger partial charge in [0.15, 0.2) is 0 Å². The van der Waals surface area contributed by atoms with Gasteiger partial charge in [-0.3, -0.25) is 5.21 Å². The van der Waals surface area contributed by atoms with Crippen molar-refractivity contribution in [2.75, 3.05) is 7.11 Å². The summed E-state index contributed by atoms with van der Waals surface area (Å²) in [5, 5.41) is 8.94. The molecule has 0 aliphatic carbocycles. The number of esters is 1. The minimum atomic E-state index is -0.591. The largest absolute Gasteiger partial charge is 0.466 e. The molecular weight excluding hydrogens is 172 g/mol. The topological polar surface area (TPSA) is 54.8 Å². The summed E-state index contributed by atoms with van der Waals surface area (Å²) < 4.78 is 5.15. The van der Waals surface area contributed by atoms with E-state index < -0.39 is 5.97 Å². The van der Waals surface area contributed by atoms with E-state index in [1.165, 1.54) is 19.4 Å². The van der Waals surface area contributed by atoms with Gasteiger partial charge in [-0.25, -0.2) is 9.64 Å². The fraction of sp³-hybridized carbons (Fsp3) is 0.125. The first kappa shape index (κ1) is 9.00. The van der Waals surface area contributed by atoms with Crippen molar-refractivity contribution in [2.45, 2.75) is 0 Å². The van der Waals surface area contributed by atoms with E-state index in [-0.39, 0.29) is 11.3 Å². The van der Waals surface area contributed by atoms with E-state index in [0.717, 1.165) is 6.20 Å². The van der Waals surface area contributed by atoms with E-state index in [1.807, 2.05) is 0 Å². The van der Waals surface area contributed by atoms with Crippen LogP contribution in [0.25, 0.3) is 4.85 Å². The second kappa shape index (κ2) is 3.54. The highest BCUT2D eigenvalue weighted by Crippen LogP contribution is 2.16. The molecule has 0 saturated carbocycles. The second-order valence-electron chi connectivity index (χ2n) is 2.23. The lowest BCUT2D eigenvalue weighted by Gasteiger charge is -1.97. The molecule has 0 unspecified atom stereocenters. The van der Waals surface area contributed by atoms with Gasteiger partial charge in [-0.2, -0.15) is 0 Å². The molecule has 0 atom stereocenters. The molecule has 0 aromatic carbocycles. The minimum absolute atomic E-state index is 0.0526. The van der Waals surface area contributed by atoms with E-state index in [9.17, 15) is 4.79 Å². The molecule has 1 aromatic heterocycles. The van der Waals surface area contributed by atoms with Crippen LogP contribution in [0.1, 0.15) is 10.4 Å². The summed E-state index contributed by atoms with van der Waals surface area (Å²) in [4.78, 5) is 14.1. The fourth-order valence-electron chi connectivity index (χ4n) is 0.846. The molecule has 1 heterocycles. The first-order valence-electron chi connectivity index (χ1n) is 3.39. The quantitative estimate of drug-likeness (QED) is 0.296. The Hall–Kier alpha value is -2.09. The highest BCUT2D eigenvalue weighted by Gasteiger charge is 2.15. The van der Waals surface area contributed by atoms with Gasteiger partial charge in [0.2, 0.25) is 12.4 Å². The molecule has 1 rings (SSSR count). The Morgan fingerprint density at radius 1 is 1.77 bits per heavy atom. The van der Waals surface area contributed by atoms with E-state index >= 15 is 0 Å². The van der Waals surface area contributed by atoms with Crippen molar-refractivity contribution in [3.05, 3.63) is 35.4 Å². The maximum atomic E-state index is 11.0. The third-order valence-corrected chi connectivity index (χ3v) is 1.45. The number of hydrogen-bond acceptors (Lipinski definition) is 3. The Morgan fingerprint density at radius 3 is 3.00 bits per heavy atom. The lowest BCUT2D eigenvalue weighted by Crippen LogP contribution is -2.28. The predicted molar refractivity (Wildman–Crippen MR) is 41.4 cm³/mol. The average Bonchev–Trinajstić information content (AvgIpc) is 2.16. The van der Waals surface area contributed by atoms with Crippen molar-refractivity contribution >= 4 is 11.7 Å². The molecule has 13 heavy (non-hydrogen) atoms. The third kappa shape index (κ3) is 1.73. The zero-order valence-corrected chi connectivity index (χ0v) is 6.89. The summed E-state index contributed by atoms with van der Waals surface area (Å²) in [5.41, 5.74) is 0.194. The van der Waals surface area contributed by atoms with Crippen LogP contribution in [-0.2, 0) is 4.74 Å². The van der Waals surface area contributed by atoms with Gasteiger partial charge in [0, 0.05) is 6.07 Å². The van der Waals surface area contributed by atoms with Crippen LogP contribution >= 0.6 is 0 Å². The maximum absolute atomic E-state index is 11.0. The first-order valence-corrected chi connectivity index (χ1v) is 3.39. The summed E-state index contributed by atoms with van der Waals surface area (Å²) in [6.45, 7) is 6.74. The van der Waals surface area contributed by atoms with Crippen LogP contribution in [0.4, 0.5) is 5.69 Å². The smallest absolute Gasteiger partial charge is 0.327 e. The number of carbonyl (C=O) groups is 1. The van der Waals surface area contributed by atoms with Gasteiger partial charge in [0.25, 0.3) is 5.69 Å². The zero-order valence-electron chi connectivity index (χ0n) is 6.89. The van der Waals surface area contributed by atoms with Crippen LogP contribution in [0.5, 0.6) is 0 Å². The zero-order chi connectivity index (χ0) is 9.84. The highest BCUT2D eigenvalue weighted by molar-refractivity contribution is 5.95. The Morgan fingerprint density at radius 2 is 2.46 bits per heavy atom. The lowest BCUT2D eigenvalue weighted by molar-refractivity contribution is -0.904. The Kier molecular flexibility index (Phi) is 2.45. The molecule has 5 heteroatoms. The summed E-state index contributed by atoms with van der Waals surface area (Å²) in [7, 11) is 1.23. The van der Waals surface area contributed by atoms with Crippen LogP contribution in [0.15, 0.2) is 18.5 Å². The van der Waals surface area contributed by atoms with E-state index in [0.29, 0.717) is 4.73 Å². The van der Waals surface area contributed by atoms with E-state index in [1.54, 1.807) is 0 Å². The van der Waals surface area contributed by atoms with E-state index in [2.05, 4.69) is 9.58 Å². The molecule has 66 valence electrons. The van der Waals surface area contributed by atoms with E-state index in [4.69, 9.17) is 11.8 Å². The minimum Gasteiger partial charge on any atom is -0.466 e. The van der Waals surface area contributed by atoms with Crippen LogP contribution in [0, 0.1) is 6.57 Å². The van der Waals surface area contributed by atoms with Gasteiger partial charge < -0.3 is 4.74 Å². The average molecular weight is 179 g/mol. The molecule has 0 radical (unpaired) electrons. The van der Waals surface area contributed by atoms with Crippen molar-refractivity contribution in [3.8, 4) is 0 Å². The first-order chi connectivity index (χ1) is 6.19. The molecule has 0 aliphatic rings.